The lowest BCUT2D eigenvalue weighted by Gasteiger charge is -2.14. The predicted octanol–water partition coefficient (Wildman–Crippen LogP) is 4.51. The molecule has 0 aliphatic carbocycles. The molecule has 0 saturated carbocycles. The van der Waals surface area contributed by atoms with Gasteiger partial charge in [0.15, 0.2) is 0 Å². The highest BCUT2D eigenvalue weighted by molar-refractivity contribution is 6.41. The zero-order chi connectivity index (χ0) is 17.3. The number of para-hydroxylation sites is 1. The number of nitrogens with zero attached hydrogens (tertiary/aromatic N) is 1. The second kappa shape index (κ2) is 6.48. The molecular weight excluding hydrogens is 302 g/mol. The molecule has 1 aromatic heterocycles. The predicted molar refractivity (Wildman–Crippen MR) is 95.4 cm³/mol. The summed E-state index contributed by atoms with van der Waals surface area (Å²) in [4.78, 5) is 24.0. The highest BCUT2D eigenvalue weighted by atomic mass is 16.5. The van der Waals surface area contributed by atoms with Crippen LogP contribution in [0.3, 0.4) is 0 Å². The van der Waals surface area contributed by atoms with Gasteiger partial charge in [0, 0.05) is 33.4 Å². The van der Waals surface area contributed by atoms with Crippen LogP contribution in [0.4, 0.5) is 0 Å². The van der Waals surface area contributed by atoms with Crippen LogP contribution >= 0.6 is 0 Å². The van der Waals surface area contributed by atoms with Gasteiger partial charge in [0.2, 0.25) is 0 Å². The van der Waals surface area contributed by atoms with E-state index in [1.807, 2.05) is 18.2 Å². The first-order valence-corrected chi connectivity index (χ1v) is 8.32. The second-order valence-corrected chi connectivity index (χ2v) is 5.93. The van der Waals surface area contributed by atoms with Crippen molar-refractivity contribution in [1.82, 2.24) is 4.57 Å². The van der Waals surface area contributed by atoms with E-state index in [0.29, 0.717) is 11.6 Å². The van der Waals surface area contributed by atoms with Crippen LogP contribution in [0, 0.1) is 0 Å². The Hall–Kier alpha value is -2.62. The summed E-state index contributed by atoms with van der Waals surface area (Å²) in [5, 5.41) is 2.08. The van der Waals surface area contributed by atoms with E-state index in [4.69, 9.17) is 4.74 Å². The van der Waals surface area contributed by atoms with Crippen molar-refractivity contribution in [3.63, 3.8) is 0 Å². The molecule has 3 aromatic rings. The molecule has 0 aliphatic rings. The average molecular weight is 323 g/mol. The molecule has 0 radical (unpaired) electrons. The van der Waals surface area contributed by atoms with Crippen LogP contribution in [0.25, 0.3) is 21.8 Å². The van der Waals surface area contributed by atoms with Gasteiger partial charge in [-0.2, -0.15) is 0 Å². The lowest BCUT2D eigenvalue weighted by atomic mass is 10.1. The highest BCUT2D eigenvalue weighted by Gasteiger charge is 2.20. The maximum atomic E-state index is 12.2. The first kappa shape index (κ1) is 16.2. The van der Waals surface area contributed by atoms with E-state index in [2.05, 4.69) is 30.5 Å². The molecule has 0 saturated heterocycles. The van der Waals surface area contributed by atoms with Gasteiger partial charge in [-0.3, -0.25) is 4.79 Å². The van der Waals surface area contributed by atoms with Crippen LogP contribution in [-0.2, 0) is 9.53 Å². The Morgan fingerprint density at radius 2 is 1.75 bits per heavy atom. The van der Waals surface area contributed by atoms with E-state index in [-0.39, 0.29) is 6.61 Å². The Morgan fingerprint density at radius 3 is 2.46 bits per heavy atom. The number of aromatic nitrogens is 1. The zero-order valence-corrected chi connectivity index (χ0v) is 14.2. The van der Waals surface area contributed by atoms with Crippen LogP contribution in [0.15, 0.2) is 42.5 Å². The molecule has 0 bridgehead atoms. The average Bonchev–Trinajstić information content (AvgIpc) is 2.94. The Bertz CT molecular complexity index is 923. The maximum absolute atomic E-state index is 12.2. The number of benzene rings is 2. The Labute approximate surface area is 141 Å². The molecule has 2 aromatic carbocycles. The summed E-state index contributed by atoms with van der Waals surface area (Å²) in [6.45, 7) is 6.22. The van der Waals surface area contributed by atoms with Gasteiger partial charge in [0.05, 0.1) is 6.61 Å². The van der Waals surface area contributed by atoms with E-state index in [0.717, 1.165) is 28.2 Å². The summed E-state index contributed by atoms with van der Waals surface area (Å²) in [6, 6.07) is 13.9. The largest absolute Gasteiger partial charge is 0.460 e. The van der Waals surface area contributed by atoms with E-state index in [1.165, 1.54) is 0 Å². The lowest BCUT2D eigenvalue weighted by molar-refractivity contribution is -0.137. The monoisotopic (exact) mass is 323 g/mol. The minimum Gasteiger partial charge on any atom is -0.460 e. The molecule has 1 unspecified atom stereocenters. The maximum Gasteiger partial charge on any atom is 0.379 e. The van der Waals surface area contributed by atoms with Gasteiger partial charge in [-0.25, -0.2) is 4.79 Å². The van der Waals surface area contributed by atoms with Gasteiger partial charge in [-0.15, -0.1) is 0 Å². The van der Waals surface area contributed by atoms with Gasteiger partial charge in [0.25, 0.3) is 5.78 Å². The number of fused-ring (bicyclic) bond motifs is 3. The van der Waals surface area contributed by atoms with Crippen molar-refractivity contribution >= 4 is 33.6 Å². The zero-order valence-electron chi connectivity index (χ0n) is 14.2. The molecular formula is C20H21NO3. The first-order valence-electron chi connectivity index (χ1n) is 8.32. The van der Waals surface area contributed by atoms with Gasteiger partial charge < -0.3 is 9.30 Å². The van der Waals surface area contributed by atoms with Gasteiger partial charge in [0.1, 0.15) is 0 Å². The van der Waals surface area contributed by atoms with Crippen LogP contribution in [0.5, 0.6) is 0 Å². The number of esters is 1. The smallest absolute Gasteiger partial charge is 0.379 e. The van der Waals surface area contributed by atoms with Crippen LogP contribution < -0.4 is 0 Å². The minimum absolute atomic E-state index is 0.195. The van der Waals surface area contributed by atoms with E-state index >= 15 is 0 Å². The van der Waals surface area contributed by atoms with Crippen molar-refractivity contribution in [3.8, 4) is 0 Å². The van der Waals surface area contributed by atoms with Crippen molar-refractivity contribution in [2.75, 3.05) is 6.61 Å². The fourth-order valence-electron chi connectivity index (χ4n) is 3.12. The van der Waals surface area contributed by atoms with Crippen molar-refractivity contribution in [2.45, 2.75) is 33.2 Å². The van der Waals surface area contributed by atoms with Crippen molar-refractivity contribution in [3.05, 3.63) is 48.0 Å². The third-order valence-corrected chi connectivity index (χ3v) is 4.46. The van der Waals surface area contributed by atoms with Crippen molar-refractivity contribution < 1.29 is 14.3 Å². The number of hydrogen-bond acceptors (Lipinski definition) is 3. The summed E-state index contributed by atoms with van der Waals surface area (Å²) in [5.74, 6) is -1.40. The van der Waals surface area contributed by atoms with Crippen LogP contribution in [0.2, 0.25) is 0 Å². The molecule has 0 fully saturated rings. The second-order valence-electron chi connectivity index (χ2n) is 5.93. The number of rotatable bonds is 5. The number of carbonyl (C=O) groups excluding carboxylic acids is 2. The van der Waals surface area contributed by atoms with Crippen molar-refractivity contribution in [2.24, 2.45) is 0 Å². The van der Waals surface area contributed by atoms with E-state index in [1.54, 1.807) is 19.1 Å². The molecule has 24 heavy (non-hydrogen) atoms. The van der Waals surface area contributed by atoms with Gasteiger partial charge >= 0.3 is 5.97 Å². The molecule has 1 heterocycles. The SMILES string of the molecule is CCOC(=O)C(=O)c1ccc2c(c1)c1ccccc1n2C(C)CC. The van der Waals surface area contributed by atoms with E-state index in [9.17, 15) is 9.59 Å². The number of hydrogen-bond donors (Lipinski definition) is 0. The van der Waals surface area contributed by atoms with E-state index < -0.39 is 11.8 Å². The molecule has 0 spiro atoms. The van der Waals surface area contributed by atoms with Crippen LogP contribution in [0.1, 0.15) is 43.6 Å². The topological polar surface area (TPSA) is 48.3 Å². The number of Topliss-reactive ketones (excluding diaryl/α,β-unsaturated/α-hetero) is 1. The molecule has 0 N–H and O–H groups in total. The summed E-state index contributed by atoms with van der Waals surface area (Å²) in [7, 11) is 0. The van der Waals surface area contributed by atoms with Gasteiger partial charge in [-0.05, 0) is 44.5 Å². The van der Waals surface area contributed by atoms with Crippen LogP contribution in [-0.4, -0.2) is 22.9 Å². The molecule has 0 amide bonds. The third kappa shape index (κ3) is 2.58. The summed E-state index contributed by atoms with van der Waals surface area (Å²) >= 11 is 0. The fraction of sp³-hybridized carbons (Fsp3) is 0.300. The normalized spacial score (nSPS) is 12.5. The lowest BCUT2D eigenvalue weighted by Crippen LogP contribution is -2.17. The fourth-order valence-corrected chi connectivity index (χ4v) is 3.12. The molecule has 3 rings (SSSR count). The Kier molecular flexibility index (Phi) is 4.38. The minimum atomic E-state index is -0.803. The standard InChI is InChI=1S/C20H21NO3/c1-4-13(3)21-17-9-7-6-8-15(17)16-12-14(10-11-18(16)21)19(22)20(23)24-5-2/h6-13H,4-5H2,1-3H3. The molecule has 4 heteroatoms. The first-order chi connectivity index (χ1) is 11.6. The summed E-state index contributed by atoms with van der Waals surface area (Å²) in [5.41, 5.74) is 2.58. The summed E-state index contributed by atoms with van der Waals surface area (Å²) in [6.07, 6.45) is 1.01. The third-order valence-electron chi connectivity index (χ3n) is 4.46. The van der Waals surface area contributed by atoms with Crippen molar-refractivity contribution in [1.29, 1.82) is 0 Å². The summed E-state index contributed by atoms with van der Waals surface area (Å²) < 4.78 is 7.12. The van der Waals surface area contributed by atoms with Gasteiger partial charge in [-0.1, -0.05) is 25.1 Å². The molecule has 0 aliphatic heterocycles. The highest BCUT2D eigenvalue weighted by Crippen LogP contribution is 2.33. The number of ether oxygens (including phenoxy) is 1. The number of ketones is 1. The Balaban J connectivity index is 2.22. The molecule has 1 atom stereocenters. The molecule has 124 valence electrons. The number of carbonyl (C=O) groups is 2. The Morgan fingerprint density at radius 1 is 1.04 bits per heavy atom. The molecule has 4 nitrogen and oxygen atoms in total. The quantitative estimate of drug-likeness (QED) is 0.394.